The lowest BCUT2D eigenvalue weighted by Gasteiger charge is -1.98. The summed E-state index contributed by atoms with van der Waals surface area (Å²) in [4.78, 5) is 13.7. The van der Waals surface area contributed by atoms with E-state index in [0.29, 0.717) is 6.29 Å². The van der Waals surface area contributed by atoms with Crippen LogP contribution in [0.25, 0.3) is 0 Å². The van der Waals surface area contributed by atoms with Gasteiger partial charge in [0.25, 0.3) is 0 Å². The molecule has 0 N–H and O–H groups in total. The number of aldehydes is 1. The van der Waals surface area contributed by atoms with Crippen LogP contribution in [0.15, 0.2) is 10.7 Å². The van der Waals surface area contributed by atoms with E-state index < -0.39 is 5.82 Å². The van der Waals surface area contributed by atoms with E-state index in [4.69, 9.17) is 11.6 Å². The Bertz CT molecular complexity index is 305. The summed E-state index contributed by atoms with van der Waals surface area (Å²) < 4.78 is 12.8. The van der Waals surface area contributed by atoms with Crippen LogP contribution in [0, 0.1) is 5.82 Å². The van der Waals surface area contributed by atoms with Gasteiger partial charge in [-0.2, -0.15) is 0 Å². The summed E-state index contributed by atoms with van der Waals surface area (Å²) in [5.41, 5.74) is -0.106. The van der Waals surface area contributed by atoms with E-state index in [2.05, 4.69) is 20.9 Å². The fourth-order valence-corrected chi connectivity index (χ4v) is 1.10. The van der Waals surface area contributed by atoms with Crippen molar-refractivity contribution in [3.63, 3.8) is 0 Å². The van der Waals surface area contributed by atoms with Gasteiger partial charge in [0, 0.05) is 0 Å². The molecule has 1 rings (SSSR count). The maximum atomic E-state index is 12.6. The van der Waals surface area contributed by atoms with Crippen LogP contribution in [0.5, 0.6) is 0 Å². The number of hydrogen-bond donors (Lipinski definition) is 0. The molecule has 0 radical (unpaired) electrons. The first-order chi connectivity index (χ1) is 5.16. The third-order valence-electron chi connectivity index (χ3n) is 1.08. The van der Waals surface area contributed by atoms with E-state index in [1.54, 1.807) is 0 Å². The number of carbonyl (C=O) groups excluding carboxylic acids is 1. The number of nitrogens with zero attached hydrogens (tertiary/aromatic N) is 1. The Kier molecular flexibility index (Phi) is 2.57. The summed E-state index contributed by atoms with van der Waals surface area (Å²) in [6.07, 6.45) is 1.28. The first kappa shape index (κ1) is 8.62. The molecule has 11 heavy (non-hydrogen) atoms. The topological polar surface area (TPSA) is 30.0 Å². The Morgan fingerprint density at radius 1 is 1.73 bits per heavy atom. The Balaban J connectivity index is 3.40. The van der Waals surface area contributed by atoms with E-state index in [1.165, 1.54) is 0 Å². The SMILES string of the molecule is O=Cc1c(F)cnc(Cl)c1Br. The second-order valence-electron chi connectivity index (χ2n) is 1.74. The Labute approximate surface area is 75.5 Å². The van der Waals surface area contributed by atoms with Crippen LogP contribution in [-0.2, 0) is 0 Å². The first-order valence-electron chi connectivity index (χ1n) is 2.61. The van der Waals surface area contributed by atoms with E-state index in [9.17, 15) is 9.18 Å². The molecule has 2 nitrogen and oxygen atoms in total. The lowest BCUT2D eigenvalue weighted by atomic mass is 10.3. The Morgan fingerprint density at radius 2 is 2.36 bits per heavy atom. The molecule has 0 aromatic carbocycles. The smallest absolute Gasteiger partial charge is 0.154 e. The largest absolute Gasteiger partial charge is 0.298 e. The number of aromatic nitrogens is 1. The molecule has 0 unspecified atom stereocenters. The molecule has 0 aliphatic rings. The fraction of sp³-hybridized carbons (Fsp3) is 0. The van der Waals surface area contributed by atoms with Crippen molar-refractivity contribution in [3.05, 3.63) is 27.2 Å². The molecule has 0 aliphatic heterocycles. The molecule has 0 bridgehead atoms. The highest BCUT2D eigenvalue weighted by Crippen LogP contribution is 2.24. The van der Waals surface area contributed by atoms with Gasteiger partial charge < -0.3 is 0 Å². The number of halogens is 3. The summed E-state index contributed by atoms with van der Waals surface area (Å²) in [6.45, 7) is 0. The lowest BCUT2D eigenvalue weighted by molar-refractivity contribution is 0.111. The van der Waals surface area contributed by atoms with Gasteiger partial charge >= 0.3 is 0 Å². The van der Waals surface area contributed by atoms with Gasteiger partial charge in [0.2, 0.25) is 0 Å². The van der Waals surface area contributed by atoms with Crippen molar-refractivity contribution in [1.29, 1.82) is 0 Å². The van der Waals surface area contributed by atoms with Crippen molar-refractivity contribution in [2.75, 3.05) is 0 Å². The molecule has 0 atom stereocenters. The third kappa shape index (κ3) is 1.57. The van der Waals surface area contributed by atoms with Gasteiger partial charge in [0.1, 0.15) is 5.15 Å². The van der Waals surface area contributed by atoms with Crippen LogP contribution >= 0.6 is 27.5 Å². The zero-order valence-corrected chi connectivity index (χ0v) is 7.49. The van der Waals surface area contributed by atoms with Gasteiger partial charge in [0.05, 0.1) is 16.2 Å². The second kappa shape index (κ2) is 3.28. The molecule has 0 spiro atoms. The molecule has 1 heterocycles. The third-order valence-corrected chi connectivity index (χ3v) is 2.40. The highest BCUT2D eigenvalue weighted by atomic mass is 79.9. The zero-order valence-electron chi connectivity index (χ0n) is 5.14. The molecular weight excluding hydrogens is 236 g/mol. The van der Waals surface area contributed by atoms with E-state index in [0.717, 1.165) is 6.20 Å². The molecule has 1 aromatic heterocycles. The van der Waals surface area contributed by atoms with Gasteiger partial charge in [0.15, 0.2) is 12.1 Å². The number of rotatable bonds is 1. The monoisotopic (exact) mass is 237 g/mol. The van der Waals surface area contributed by atoms with E-state index >= 15 is 0 Å². The van der Waals surface area contributed by atoms with Crippen molar-refractivity contribution >= 4 is 33.8 Å². The summed E-state index contributed by atoms with van der Waals surface area (Å²) in [6, 6.07) is 0. The molecule has 0 aliphatic carbocycles. The fourth-order valence-electron chi connectivity index (χ4n) is 0.564. The van der Waals surface area contributed by atoms with Crippen molar-refractivity contribution in [2.45, 2.75) is 0 Å². The average molecular weight is 238 g/mol. The van der Waals surface area contributed by atoms with Crippen LogP contribution in [0.3, 0.4) is 0 Å². The molecule has 0 fully saturated rings. The summed E-state index contributed by atoms with van der Waals surface area (Å²) in [5.74, 6) is -0.684. The summed E-state index contributed by atoms with van der Waals surface area (Å²) >= 11 is 8.41. The van der Waals surface area contributed by atoms with Gasteiger partial charge in [-0.1, -0.05) is 11.6 Å². The van der Waals surface area contributed by atoms with Gasteiger partial charge in [-0.3, -0.25) is 4.79 Å². The minimum absolute atomic E-state index is 0.0773. The minimum Gasteiger partial charge on any atom is -0.298 e. The van der Waals surface area contributed by atoms with Crippen molar-refractivity contribution in [3.8, 4) is 0 Å². The van der Waals surface area contributed by atoms with Crippen LogP contribution in [0.1, 0.15) is 10.4 Å². The van der Waals surface area contributed by atoms with E-state index in [1.807, 2.05) is 0 Å². The molecule has 1 aromatic rings. The first-order valence-corrected chi connectivity index (χ1v) is 3.78. The maximum absolute atomic E-state index is 12.6. The van der Waals surface area contributed by atoms with Gasteiger partial charge in [-0.15, -0.1) is 0 Å². The van der Waals surface area contributed by atoms with Crippen LogP contribution in [-0.4, -0.2) is 11.3 Å². The van der Waals surface area contributed by atoms with Crippen LogP contribution < -0.4 is 0 Å². The standard InChI is InChI=1S/C6H2BrClFNO/c7-5-3(2-11)4(9)1-10-6(5)8/h1-2H. The van der Waals surface area contributed by atoms with Gasteiger partial charge in [-0.25, -0.2) is 9.37 Å². The zero-order chi connectivity index (χ0) is 8.43. The molecule has 0 saturated heterocycles. The number of hydrogen-bond acceptors (Lipinski definition) is 2. The second-order valence-corrected chi connectivity index (χ2v) is 2.89. The molecular formula is C6H2BrClFNO. The predicted molar refractivity (Wildman–Crippen MR) is 42.3 cm³/mol. The lowest BCUT2D eigenvalue weighted by Crippen LogP contribution is -1.92. The molecule has 5 heteroatoms. The highest BCUT2D eigenvalue weighted by molar-refractivity contribution is 9.10. The van der Waals surface area contributed by atoms with Crippen LogP contribution in [0.4, 0.5) is 4.39 Å². The molecule has 0 amide bonds. The Hall–Kier alpha value is -0.480. The van der Waals surface area contributed by atoms with Crippen LogP contribution in [0.2, 0.25) is 5.15 Å². The highest BCUT2D eigenvalue weighted by Gasteiger charge is 2.09. The predicted octanol–water partition coefficient (Wildman–Crippen LogP) is 2.45. The molecule has 58 valence electrons. The quantitative estimate of drug-likeness (QED) is 0.556. The Morgan fingerprint density at radius 3 is 2.82 bits per heavy atom. The number of pyridine rings is 1. The van der Waals surface area contributed by atoms with E-state index in [-0.39, 0.29) is 15.2 Å². The van der Waals surface area contributed by atoms with Gasteiger partial charge in [-0.05, 0) is 15.9 Å². The van der Waals surface area contributed by atoms with Crippen molar-refractivity contribution in [1.82, 2.24) is 4.98 Å². The average Bonchev–Trinajstić information content (AvgIpc) is 1.99. The summed E-state index contributed by atoms with van der Waals surface area (Å²) in [5, 5.41) is 0.0773. The van der Waals surface area contributed by atoms with Crippen molar-refractivity contribution < 1.29 is 9.18 Å². The number of carbonyl (C=O) groups is 1. The van der Waals surface area contributed by atoms with Crippen molar-refractivity contribution in [2.24, 2.45) is 0 Å². The molecule has 0 saturated carbocycles. The summed E-state index contributed by atoms with van der Waals surface area (Å²) in [7, 11) is 0. The minimum atomic E-state index is -0.684. The normalized spacial score (nSPS) is 9.73. The maximum Gasteiger partial charge on any atom is 0.154 e.